The van der Waals surface area contributed by atoms with Crippen LogP contribution in [0.25, 0.3) is 0 Å². The molecule has 0 rings (SSSR count). The second-order valence-electron chi connectivity index (χ2n) is 2.10. The molecule has 1 nitrogen and oxygen atoms in total. The highest BCUT2D eigenvalue weighted by Gasteiger charge is 2.33. The quantitative estimate of drug-likeness (QED) is 0.626. The van der Waals surface area contributed by atoms with Gasteiger partial charge in [-0.2, -0.15) is 13.2 Å². The van der Waals surface area contributed by atoms with E-state index >= 15 is 0 Å². The molecule has 0 aliphatic carbocycles. The maximum atomic E-state index is 11.9. The highest BCUT2D eigenvalue weighted by atomic mass is 19.4. The molecule has 0 amide bonds. The number of alkyl halides is 6. The first kappa shape index (κ1) is 11.5. The monoisotopic (exact) mass is 196 g/mol. The van der Waals surface area contributed by atoms with E-state index in [2.05, 4.69) is 4.74 Å². The third kappa shape index (κ3) is 6.26. The summed E-state index contributed by atoms with van der Waals surface area (Å²) in [5.41, 5.74) is 0. The molecule has 0 atom stereocenters. The lowest BCUT2D eigenvalue weighted by Gasteiger charge is -2.13. The highest BCUT2D eigenvalue weighted by Crippen LogP contribution is 2.18. The van der Waals surface area contributed by atoms with Gasteiger partial charge in [0.2, 0.25) is 0 Å². The number of hydrogen-bond donors (Lipinski definition) is 0. The SMILES string of the molecule is FCC(F)(F)COCC(F)(F)F. The fourth-order valence-corrected chi connectivity index (χ4v) is 0.355. The molecule has 0 aliphatic heterocycles. The standard InChI is InChI=1S/C5H6F6O/c6-1-4(7,8)2-12-3-5(9,10)11/h1-3H2. The van der Waals surface area contributed by atoms with Crippen molar-refractivity contribution in [1.29, 1.82) is 0 Å². The van der Waals surface area contributed by atoms with Gasteiger partial charge in [-0.3, -0.25) is 0 Å². The van der Waals surface area contributed by atoms with Crippen molar-refractivity contribution in [3.63, 3.8) is 0 Å². The average molecular weight is 196 g/mol. The Morgan fingerprint density at radius 1 is 0.917 bits per heavy atom. The predicted octanol–water partition coefficient (Wildman–Crippen LogP) is 2.17. The molecule has 0 spiro atoms. The first-order valence-electron chi connectivity index (χ1n) is 2.85. The maximum Gasteiger partial charge on any atom is 0.411 e. The van der Waals surface area contributed by atoms with Gasteiger partial charge in [0.1, 0.15) is 13.2 Å². The fraction of sp³-hybridized carbons (Fsp3) is 1.00. The summed E-state index contributed by atoms with van der Waals surface area (Å²) in [6, 6.07) is 0. The van der Waals surface area contributed by atoms with Crippen LogP contribution in [-0.2, 0) is 4.74 Å². The summed E-state index contributed by atoms with van der Waals surface area (Å²) in [5.74, 6) is -3.83. The number of hydrogen-bond acceptors (Lipinski definition) is 1. The van der Waals surface area contributed by atoms with Gasteiger partial charge in [0, 0.05) is 0 Å². The molecule has 0 aliphatic rings. The van der Waals surface area contributed by atoms with Crippen LogP contribution >= 0.6 is 0 Å². The van der Waals surface area contributed by atoms with E-state index in [0.717, 1.165) is 0 Å². The zero-order chi connectivity index (χ0) is 9.83. The summed E-state index contributed by atoms with van der Waals surface area (Å²) in [6.07, 6.45) is -4.66. The van der Waals surface area contributed by atoms with E-state index in [9.17, 15) is 26.3 Å². The average Bonchev–Trinajstić information content (AvgIpc) is 1.84. The smallest absolute Gasteiger partial charge is 0.366 e. The summed E-state index contributed by atoms with van der Waals surface area (Å²) in [6.45, 7) is -5.36. The molecule has 0 aromatic carbocycles. The van der Waals surface area contributed by atoms with Crippen LogP contribution in [0, 0.1) is 0 Å². The van der Waals surface area contributed by atoms with Gasteiger partial charge in [0.25, 0.3) is 5.92 Å². The van der Waals surface area contributed by atoms with Crippen molar-refractivity contribution in [1.82, 2.24) is 0 Å². The molecular weight excluding hydrogens is 190 g/mol. The van der Waals surface area contributed by atoms with Gasteiger partial charge >= 0.3 is 6.18 Å². The van der Waals surface area contributed by atoms with Crippen molar-refractivity contribution in [3.8, 4) is 0 Å². The predicted molar refractivity (Wildman–Crippen MR) is 27.8 cm³/mol. The zero-order valence-electron chi connectivity index (χ0n) is 5.80. The van der Waals surface area contributed by atoms with E-state index in [0.29, 0.717) is 0 Å². The summed E-state index contributed by atoms with van der Waals surface area (Å²) in [7, 11) is 0. The molecule has 0 unspecified atom stereocenters. The lowest BCUT2D eigenvalue weighted by Crippen LogP contribution is -2.29. The Morgan fingerprint density at radius 2 is 1.42 bits per heavy atom. The van der Waals surface area contributed by atoms with Crippen molar-refractivity contribution >= 4 is 0 Å². The zero-order valence-corrected chi connectivity index (χ0v) is 5.80. The minimum atomic E-state index is -4.66. The first-order valence-corrected chi connectivity index (χ1v) is 2.85. The highest BCUT2D eigenvalue weighted by molar-refractivity contribution is 4.62. The fourth-order valence-electron chi connectivity index (χ4n) is 0.355. The summed E-state index contributed by atoms with van der Waals surface area (Å²) >= 11 is 0. The van der Waals surface area contributed by atoms with Crippen LogP contribution in [-0.4, -0.2) is 32.0 Å². The topological polar surface area (TPSA) is 9.23 Å². The molecule has 0 N–H and O–H groups in total. The van der Waals surface area contributed by atoms with Crippen LogP contribution in [0.4, 0.5) is 26.3 Å². The number of halogens is 6. The number of rotatable bonds is 4. The largest absolute Gasteiger partial charge is 0.411 e. The van der Waals surface area contributed by atoms with E-state index in [-0.39, 0.29) is 0 Å². The van der Waals surface area contributed by atoms with Gasteiger partial charge in [-0.15, -0.1) is 0 Å². The Labute approximate surface area is 64.3 Å². The van der Waals surface area contributed by atoms with Gasteiger partial charge in [0.15, 0.2) is 6.67 Å². The molecule has 12 heavy (non-hydrogen) atoms. The van der Waals surface area contributed by atoms with E-state index in [1.807, 2.05) is 0 Å². The lowest BCUT2D eigenvalue weighted by molar-refractivity contribution is -0.193. The summed E-state index contributed by atoms with van der Waals surface area (Å²) in [4.78, 5) is 0. The second-order valence-corrected chi connectivity index (χ2v) is 2.10. The third-order valence-electron chi connectivity index (χ3n) is 0.774. The van der Waals surface area contributed by atoms with Gasteiger partial charge in [0.05, 0.1) is 0 Å². The van der Waals surface area contributed by atoms with E-state index in [4.69, 9.17) is 0 Å². The van der Waals surface area contributed by atoms with Crippen LogP contribution in [0.5, 0.6) is 0 Å². The van der Waals surface area contributed by atoms with Gasteiger partial charge in [-0.05, 0) is 0 Å². The minimum absolute atomic E-state index is 1.55. The molecule has 7 heteroatoms. The van der Waals surface area contributed by atoms with Crippen LogP contribution < -0.4 is 0 Å². The summed E-state index contributed by atoms with van der Waals surface area (Å²) < 4.78 is 72.4. The molecule has 0 fully saturated rings. The maximum absolute atomic E-state index is 11.9. The Hall–Kier alpha value is -0.460. The molecular formula is C5H6F6O. The van der Waals surface area contributed by atoms with Crippen LogP contribution in [0.3, 0.4) is 0 Å². The van der Waals surface area contributed by atoms with E-state index in [1.54, 1.807) is 0 Å². The Balaban J connectivity index is 3.57. The second kappa shape index (κ2) is 3.97. The van der Waals surface area contributed by atoms with Crippen LogP contribution in [0.15, 0.2) is 0 Å². The van der Waals surface area contributed by atoms with Crippen molar-refractivity contribution in [3.05, 3.63) is 0 Å². The molecule has 0 bridgehead atoms. The van der Waals surface area contributed by atoms with Crippen molar-refractivity contribution in [2.24, 2.45) is 0 Å². The Bertz CT molecular complexity index is 130. The molecule has 0 heterocycles. The van der Waals surface area contributed by atoms with Crippen molar-refractivity contribution in [2.45, 2.75) is 12.1 Å². The lowest BCUT2D eigenvalue weighted by atomic mass is 10.4. The normalized spacial score (nSPS) is 13.5. The van der Waals surface area contributed by atoms with Crippen LogP contribution in [0.2, 0.25) is 0 Å². The molecule has 0 aromatic heterocycles. The van der Waals surface area contributed by atoms with E-state index in [1.165, 1.54) is 0 Å². The Morgan fingerprint density at radius 3 is 1.75 bits per heavy atom. The minimum Gasteiger partial charge on any atom is -0.366 e. The molecule has 0 radical (unpaired) electrons. The van der Waals surface area contributed by atoms with Crippen molar-refractivity contribution < 1.29 is 31.1 Å². The molecule has 0 aromatic rings. The van der Waals surface area contributed by atoms with Crippen LogP contribution in [0.1, 0.15) is 0 Å². The molecule has 0 saturated carbocycles. The van der Waals surface area contributed by atoms with Crippen molar-refractivity contribution in [2.75, 3.05) is 19.9 Å². The molecule has 74 valence electrons. The van der Waals surface area contributed by atoms with Gasteiger partial charge < -0.3 is 4.74 Å². The Kier molecular flexibility index (Phi) is 3.82. The summed E-state index contributed by atoms with van der Waals surface area (Å²) in [5, 5.41) is 0. The van der Waals surface area contributed by atoms with Gasteiger partial charge in [-0.1, -0.05) is 0 Å². The number of ether oxygens (including phenoxy) is 1. The molecule has 0 saturated heterocycles. The van der Waals surface area contributed by atoms with Gasteiger partial charge in [-0.25, -0.2) is 13.2 Å². The first-order chi connectivity index (χ1) is 5.27. The van der Waals surface area contributed by atoms with E-state index < -0.39 is 32.0 Å². The third-order valence-corrected chi connectivity index (χ3v) is 0.774.